The quantitative estimate of drug-likeness (QED) is 0.499. The first kappa shape index (κ1) is 9.42. The van der Waals surface area contributed by atoms with Gasteiger partial charge < -0.3 is 20.1 Å². The Morgan fingerprint density at radius 2 is 2.36 bits per heavy atom. The van der Waals surface area contributed by atoms with Crippen molar-refractivity contribution in [1.29, 1.82) is 0 Å². The number of nitrogens with zero attached hydrogens (tertiary/aromatic N) is 1. The Kier molecular flexibility index (Phi) is 2.39. The minimum absolute atomic E-state index is 0.222. The number of hydrogen-bond donors (Lipinski definition) is 2. The summed E-state index contributed by atoms with van der Waals surface area (Å²) in [6, 6.07) is -1.30. The second-order valence-corrected chi connectivity index (χ2v) is 3.37. The number of carbonyl (C=O) groups is 2. The third kappa shape index (κ3) is 1.36. The van der Waals surface area contributed by atoms with Crippen LogP contribution in [0.4, 0.5) is 0 Å². The Morgan fingerprint density at radius 1 is 1.57 bits per heavy atom. The van der Waals surface area contributed by atoms with Gasteiger partial charge in [-0.1, -0.05) is 0 Å². The topological polar surface area (TPSA) is 78.9 Å². The summed E-state index contributed by atoms with van der Waals surface area (Å²) in [7, 11) is 0. The van der Waals surface area contributed by atoms with Gasteiger partial charge >= 0.3 is 0 Å². The molecule has 0 spiro atoms. The minimum atomic E-state index is -0.781. The number of fused-ring (bicyclic) bond motifs is 1. The zero-order chi connectivity index (χ0) is 10.1. The summed E-state index contributed by atoms with van der Waals surface area (Å²) in [4.78, 5) is 24.6. The highest BCUT2D eigenvalue weighted by Crippen LogP contribution is 2.13. The molecule has 2 atom stereocenters. The standard InChI is InChI=1S/C8H12N2O4/c11-3-5-8(13)10-1-2-14-4-6(10)7(12)9-5/h5-6,11H,1-4H2,(H,9,12). The molecule has 2 heterocycles. The Hall–Kier alpha value is -1.14. The fourth-order valence-electron chi connectivity index (χ4n) is 1.74. The second kappa shape index (κ2) is 3.55. The van der Waals surface area contributed by atoms with E-state index in [0.717, 1.165) is 0 Å². The lowest BCUT2D eigenvalue weighted by atomic mass is 10.1. The molecule has 0 bridgehead atoms. The highest BCUT2D eigenvalue weighted by Gasteiger charge is 2.41. The largest absolute Gasteiger partial charge is 0.394 e. The summed E-state index contributed by atoms with van der Waals surface area (Å²) in [5, 5.41) is 11.3. The first-order chi connectivity index (χ1) is 6.74. The van der Waals surface area contributed by atoms with Gasteiger partial charge in [0.15, 0.2) is 0 Å². The Labute approximate surface area is 80.8 Å². The molecule has 14 heavy (non-hydrogen) atoms. The molecule has 2 saturated heterocycles. The average Bonchev–Trinajstić information content (AvgIpc) is 2.23. The third-order valence-electron chi connectivity index (χ3n) is 2.51. The highest BCUT2D eigenvalue weighted by atomic mass is 16.5. The van der Waals surface area contributed by atoms with Gasteiger partial charge in [0, 0.05) is 6.54 Å². The highest BCUT2D eigenvalue weighted by molar-refractivity contribution is 5.97. The van der Waals surface area contributed by atoms with E-state index in [1.165, 1.54) is 4.90 Å². The van der Waals surface area contributed by atoms with Crippen molar-refractivity contribution in [2.75, 3.05) is 26.4 Å². The Bertz CT molecular complexity index is 268. The van der Waals surface area contributed by atoms with Crippen LogP contribution >= 0.6 is 0 Å². The lowest BCUT2D eigenvalue weighted by Gasteiger charge is -2.40. The van der Waals surface area contributed by atoms with E-state index in [9.17, 15) is 9.59 Å². The van der Waals surface area contributed by atoms with Crippen molar-refractivity contribution in [2.45, 2.75) is 12.1 Å². The van der Waals surface area contributed by atoms with Crippen LogP contribution in [0.25, 0.3) is 0 Å². The van der Waals surface area contributed by atoms with Gasteiger partial charge in [-0.25, -0.2) is 0 Å². The number of aliphatic hydroxyl groups is 1. The molecule has 0 aromatic carbocycles. The van der Waals surface area contributed by atoms with Crippen molar-refractivity contribution >= 4 is 11.8 Å². The summed E-state index contributed by atoms with van der Waals surface area (Å²) in [5.41, 5.74) is 0. The molecular weight excluding hydrogens is 188 g/mol. The number of morpholine rings is 1. The van der Waals surface area contributed by atoms with Crippen molar-refractivity contribution in [1.82, 2.24) is 10.2 Å². The van der Waals surface area contributed by atoms with Gasteiger partial charge in [0.25, 0.3) is 0 Å². The molecule has 2 rings (SSSR count). The fourth-order valence-corrected chi connectivity index (χ4v) is 1.74. The molecule has 0 aliphatic carbocycles. The van der Waals surface area contributed by atoms with Crippen LogP contribution in [0.1, 0.15) is 0 Å². The number of ether oxygens (including phenoxy) is 1. The van der Waals surface area contributed by atoms with Crippen molar-refractivity contribution < 1.29 is 19.4 Å². The van der Waals surface area contributed by atoms with Crippen molar-refractivity contribution in [2.24, 2.45) is 0 Å². The number of rotatable bonds is 1. The molecule has 2 unspecified atom stereocenters. The SMILES string of the molecule is O=C1NC(CO)C(=O)N2CCOCC12. The zero-order valence-corrected chi connectivity index (χ0v) is 7.60. The summed E-state index contributed by atoms with van der Waals surface area (Å²) >= 11 is 0. The second-order valence-electron chi connectivity index (χ2n) is 3.37. The average molecular weight is 200 g/mol. The van der Waals surface area contributed by atoms with Crippen LogP contribution < -0.4 is 5.32 Å². The predicted octanol–water partition coefficient (Wildman–Crippen LogP) is -2.30. The minimum Gasteiger partial charge on any atom is -0.394 e. The van der Waals surface area contributed by atoms with Gasteiger partial charge in [-0.15, -0.1) is 0 Å². The van der Waals surface area contributed by atoms with E-state index in [4.69, 9.17) is 9.84 Å². The normalized spacial score (nSPS) is 32.5. The van der Waals surface area contributed by atoms with Gasteiger partial charge in [-0.2, -0.15) is 0 Å². The molecule has 0 radical (unpaired) electrons. The van der Waals surface area contributed by atoms with E-state index in [-0.39, 0.29) is 25.0 Å². The number of carbonyl (C=O) groups excluding carboxylic acids is 2. The van der Waals surface area contributed by atoms with Gasteiger partial charge in [0.05, 0.1) is 19.8 Å². The molecule has 0 aromatic rings. The molecule has 0 saturated carbocycles. The van der Waals surface area contributed by atoms with Gasteiger partial charge in [0.2, 0.25) is 11.8 Å². The first-order valence-electron chi connectivity index (χ1n) is 4.53. The molecule has 6 heteroatoms. The summed E-state index contributed by atoms with van der Waals surface area (Å²) < 4.78 is 5.11. The number of hydrogen-bond acceptors (Lipinski definition) is 4. The fraction of sp³-hybridized carbons (Fsp3) is 0.750. The number of nitrogens with one attached hydrogen (secondary N) is 1. The van der Waals surface area contributed by atoms with Gasteiger partial charge in [-0.05, 0) is 0 Å². The van der Waals surface area contributed by atoms with E-state index in [1.54, 1.807) is 0 Å². The van der Waals surface area contributed by atoms with Crippen LogP contribution in [0.15, 0.2) is 0 Å². The first-order valence-corrected chi connectivity index (χ1v) is 4.53. The van der Waals surface area contributed by atoms with Crippen LogP contribution in [-0.2, 0) is 14.3 Å². The molecule has 2 amide bonds. The number of aliphatic hydroxyl groups excluding tert-OH is 1. The summed E-state index contributed by atoms with van der Waals surface area (Å²) in [6.45, 7) is 0.769. The van der Waals surface area contributed by atoms with Crippen molar-refractivity contribution in [3.8, 4) is 0 Å². The summed E-state index contributed by atoms with van der Waals surface area (Å²) in [6.07, 6.45) is 0. The Morgan fingerprint density at radius 3 is 3.07 bits per heavy atom. The van der Waals surface area contributed by atoms with E-state index < -0.39 is 12.1 Å². The van der Waals surface area contributed by atoms with Crippen LogP contribution in [0.5, 0.6) is 0 Å². The van der Waals surface area contributed by atoms with Gasteiger partial charge in [0.1, 0.15) is 12.1 Å². The maximum absolute atomic E-state index is 11.6. The predicted molar refractivity (Wildman–Crippen MR) is 45.3 cm³/mol. The maximum Gasteiger partial charge on any atom is 0.248 e. The smallest absolute Gasteiger partial charge is 0.248 e. The van der Waals surface area contributed by atoms with Gasteiger partial charge in [-0.3, -0.25) is 9.59 Å². The molecule has 2 aliphatic rings. The van der Waals surface area contributed by atoms with Crippen LogP contribution in [0.3, 0.4) is 0 Å². The Balaban J connectivity index is 2.17. The molecule has 2 N–H and O–H groups in total. The number of amides is 2. The zero-order valence-electron chi connectivity index (χ0n) is 7.60. The van der Waals surface area contributed by atoms with Crippen LogP contribution in [0, 0.1) is 0 Å². The number of piperazine rings is 1. The van der Waals surface area contributed by atoms with E-state index in [1.807, 2.05) is 0 Å². The molecule has 2 aliphatic heterocycles. The molecule has 78 valence electrons. The molecule has 6 nitrogen and oxygen atoms in total. The van der Waals surface area contributed by atoms with Crippen LogP contribution in [0.2, 0.25) is 0 Å². The van der Waals surface area contributed by atoms with E-state index in [0.29, 0.717) is 13.2 Å². The lowest BCUT2D eigenvalue weighted by Crippen LogP contribution is -2.67. The molecule has 2 fully saturated rings. The molecule has 0 aromatic heterocycles. The third-order valence-corrected chi connectivity index (χ3v) is 2.51. The van der Waals surface area contributed by atoms with E-state index >= 15 is 0 Å². The van der Waals surface area contributed by atoms with Crippen molar-refractivity contribution in [3.05, 3.63) is 0 Å². The van der Waals surface area contributed by atoms with Crippen molar-refractivity contribution in [3.63, 3.8) is 0 Å². The lowest BCUT2D eigenvalue weighted by molar-refractivity contribution is -0.158. The van der Waals surface area contributed by atoms with E-state index in [2.05, 4.69) is 5.32 Å². The monoisotopic (exact) mass is 200 g/mol. The maximum atomic E-state index is 11.6. The summed E-state index contributed by atoms with van der Waals surface area (Å²) in [5.74, 6) is -0.469. The molecular formula is C8H12N2O4. The van der Waals surface area contributed by atoms with Crippen LogP contribution in [-0.4, -0.2) is 60.3 Å².